The minimum Gasteiger partial charge on any atom is -0.489 e. The Morgan fingerprint density at radius 1 is 1.17 bits per heavy atom. The first-order valence-corrected chi connectivity index (χ1v) is 10.2. The smallest absolute Gasteiger partial charge is 0.254 e. The van der Waals surface area contributed by atoms with E-state index in [0.717, 1.165) is 30.0 Å². The van der Waals surface area contributed by atoms with Crippen molar-refractivity contribution in [3.63, 3.8) is 0 Å². The molecule has 8 heteroatoms. The van der Waals surface area contributed by atoms with Gasteiger partial charge in [0, 0.05) is 45.8 Å². The van der Waals surface area contributed by atoms with Crippen LogP contribution in [0.3, 0.4) is 0 Å². The predicted molar refractivity (Wildman–Crippen MR) is 112 cm³/mol. The van der Waals surface area contributed by atoms with Crippen molar-refractivity contribution in [3.05, 3.63) is 46.8 Å². The van der Waals surface area contributed by atoms with Gasteiger partial charge >= 0.3 is 0 Å². The molecular formula is C22H30N4O4. The van der Waals surface area contributed by atoms with Crippen LogP contribution >= 0.6 is 0 Å². The second kappa shape index (κ2) is 9.75. The van der Waals surface area contributed by atoms with Crippen LogP contribution in [-0.2, 0) is 11.4 Å². The Bertz CT molecular complexity index is 874. The van der Waals surface area contributed by atoms with E-state index >= 15 is 0 Å². The molecule has 0 unspecified atom stereocenters. The Morgan fingerprint density at radius 3 is 2.67 bits per heavy atom. The average Bonchev–Trinajstić information content (AvgIpc) is 2.91. The van der Waals surface area contributed by atoms with Crippen molar-refractivity contribution < 1.29 is 18.8 Å². The van der Waals surface area contributed by atoms with Crippen LogP contribution in [0.15, 0.2) is 28.8 Å². The molecule has 1 saturated heterocycles. The van der Waals surface area contributed by atoms with Gasteiger partial charge in [0.2, 0.25) is 5.91 Å². The van der Waals surface area contributed by atoms with Crippen molar-refractivity contribution in [1.29, 1.82) is 0 Å². The van der Waals surface area contributed by atoms with E-state index in [-0.39, 0.29) is 11.8 Å². The van der Waals surface area contributed by atoms with Gasteiger partial charge in [-0.25, -0.2) is 0 Å². The summed E-state index contributed by atoms with van der Waals surface area (Å²) in [6.07, 6.45) is 0.842. The van der Waals surface area contributed by atoms with Gasteiger partial charge in [-0.3, -0.25) is 14.5 Å². The number of carbonyl (C=O) groups is 2. The Kier molecular flexibility index (Phi) is 7.10. The molecular weight excluding hydrogens is 384 g/mol. The Hall–Kier alpha value is -2.87. The molecule has 0 saturated carbocycles. The third-order valence-corrected chi connectivity index (χ3v) is 5.38. The van der Waals surface area contributed by atoms with Crippen molar-refractivity contribution in [2.24, 2.45) is 0 Å². The summed E-state index contributed by atoms with van der Waals surface area (Å²) in [6, 6.07) is 7.25. The zero-order valence-corrected chi connectivity index (χ0v) is 18.2. The van der Waals surface area contributed by atoms with Gasteiger partial charge in [-0.15, -0.1) is 0 Å². The van der Waals surface area contributed by atoms with Crippen LogP contribution in [0.1, 0.15) is 33.8 Å². The SMILES string of the molecule is Cc1noc(C)c1COc1cccc(C(=O)N2CCCN(CC(=O)N(C)C)CC2)c1. The van der Waals surface area contributed by atoms with Crippen LogP contribution in [0, 0.1) is 13.8 Å². The fourth-order valence-electron chi connectivity index (χ4n) is 3.43. The molecule has 0 bridgehead atoms. The lowest BCUT2D eigenvalue weighted by Gasteiger charge is -2.23. The average molecular weight is 415 g/mol. The summed E-state index contributed by atoms with van der Waals surface area (Å²) < 4.78 is 11.0. The number of hydrogen-bond donors (Lipinski definition) is 0. The van der Waals surface area contributed by atoms with Crippen molar-refractivity contribution in [2.45, 2.75) is 26.9 Å². The monoisotopic (exact) mass is 414 g/mol. The molecule has 3 rings (SSSR count). The van der Waals surface area contributed by atoms with Gasteiger partial charge in [0.1, 0.15) is 18.1 Å². The quantitative estimate of drug-likeness (QED) is 0.720. The van der Waals surface area contributed by atoms with Crippen LogP contribution in [0.25, 0.3) is 0 Å². The molecule has 8 nitrogen and oxygen atoms in total. The maximum absolute atomic E-state index is 13.0. The number of likely N-dealkylation sites (N-methyl/N-ethyl adjacent to an activating group) is 1. The van der Waals surface area contributed by atoms with Crippen LogP contribution in [0.5, 0.6) is 5.75 Å². The molecule has 1 aliphatic heterocycles. The van der Waals surface area contributed by atoms with E-state index in [2.05, 4.69) is 10.1 Å². The third-order valence-electron chi connectivity index (χ3n) is 5.38. The van der Waals surface area contributed by atoms with E-state index in [4.69, 9.17) is 9.26 Å². The van der Waals surface area contributed by atoms with E-state index in [1.165, 1.54) is 0 Å². The molecule has 0 spiro atoms. The first-order valence-electron chi connectivity index (χ1n) is 10.2. The summed E-state index contributed by atoms with van der Waals surface area (Å²) in [5.41, 5.74) is 2.33. The lowest BCUT2D eigenvalue weighted by atomic mass is 10.1. The summed E-state index contributed by atoms with van der Waals surface area (Å²) in [4.78, 5) is 30.6. The normalized spacial score (nSPS) is 15.0. The molecule has 0 aliphatic carbocycles. The molecule has 2 amide bonds. The molecule has 162 valence electrons. The van der Waals surface area contributed by atoms with Crippen LogP contribution in [0.4, 0.5) is 0 Å². The van der Waals surface area contributed by atoms with Gasteiger partial charge in [-0.2, -0.15) is 0 Å². The number of hydrogen-bond acceptors (Lipinski definition) is 6. The van der Waals surface area contributed by atoms with E-state index in [0.29, 0.717) is 44.1 Å². The van der Waals surface area contributed by atoms with Crippen LogP contribution < -0.4 is 4.74 Å². The van der Waals surface area contributed by atoms with E-state index in [9.17, 15) is 9.59 Å². The highest BCUT2D eigenvalue weighted by atomic mass is 16.5. The summed E-state index contributed by atoms with van der Waals surface area (Å²) >= 11 is 0. The van der Waals surface area contributed by atoms with Crippen molar-refractivity contribution in [3.8, 4) is 5.75 Å². The highest BCUT2D eigenvalue weighted by molar-refractivity contribution is 5.94. The highest BCUT2D eigenvalue weighted by Crippen LogP contribution is 2.20. The number of ether oxygens (including phenoxy) is 1. The van der Waals surface area contributed by atoms with Gasteiger partial charge in [0.15, 0.2) is 0 Å². The Morgan fingerprint density at radius 2 is 1.97 bits per heavy atom. The second-order valence-corrected chi connectivity index (χ2v) is 7.83. The topological polar surface area (TPSA) is 79.1 Å². The first-order chi connectivity index (χ1) is 14.3. The van der Waals surface area contributed by atoms with E-state index in [1.807, 2.05) is 36.9 Å². The summed E-state index contributed by atoms with van der Waals surface area (Å²) in [6.45, 7) is 7.24. The van der Waals surface area contributed by atoms with Gasteiger partial charge in [0.25, 0.3) is 5.91 Å². The Balaban J connectivity index is 1.60. The highest BCUT2D eigenvalue weighted by Gasteiger charge is 2.22. The third kappa shape index (κ3) is 5.38. The summed E-state index contributed by atoms with van der Waals surface area (Å²) in [7, 11) is 3.52. The number of aryl methyl sites for hydroxylation is 2. The van der Waals surface area contributed by atoms with Gasteiger partial charge < -0.3 is 19.1 Å². The molecule has 1 aromatic carbocycles. The zero-order chi connectivity index (χ0) is 21.7. The molecule has 1 aromatic heterocycles. The van der Waals surface area contributed by atoms with Gasteiger partial charge in [-0.1, -0.05) is 11.2 Å². The lowest BCUT2D eigenvalue weighted by Crippen LogP contribution is -2.39. The molecule has 0 atom stereocenters. The van der Waals surface area contributed by atoms with Crippen molar-refractivity contribution in [1.82, 2.24) is 19.9 Å². The van der Waals surface area contributed by atoms with E-state index < -0.39 is 0 Å². The maximum atomic E-state index is 13.0. The summed E-state index contributed by atoms with van der Waals surface area (Å²) in [5, 5.41) is 3.93. The Labute approximate surface area is 177 Å². The molecule has 2 aromatic rings. The lowest BCUT2D eigenvalue weighted by molar-refractivity contribution is -0.129. The van der Waals surface area contributed by atoms with Crippen LogP contribution in [0.2, 0.25) is 0 Å². The number of carbonyl (C=O) groups excluding carboxylic acids is 2. The number of amides is 2. The standard InChI is InChI=1S/C22H30N4O4/c1-16-20(17(2)30-23-16)15-29-19-8-5-7-18(13-19)22(28)26-10-6-9-25(11-12-26)14-21(27)24(3)4/h5,7-8,13H,6,9-12,14-15H2,1-4H3. The minimum absolute atomic E-state index is 0.0152. The molecule has 1 fully saturated rings. The van der Waals surface area contributed by atoms with Crippen molar-refractivity contribution >= 4 is 11.8 Å². The van der Waals surface area contributed by atoms with Gasteiger partial charge in [-0.05, 0) is 38.5 Å². The molecule has 2 heterocycles. The molecule has 0 radical (unpaired) electrons. The first kappa shape index (κ1) is 21.8. The van der Waals surface area contributed by atoms with Crippen molar-refractivity contribution in [2.75, 3.05) is 46.8 Å². The maximum Gasteiger partial charge on any atom is 0.254 e. The summed E-state index contributed by atoms with van der Waals surface area (Å²) in [5.74, 6) is 1.44. The van der Waals surface area contributed by atoms with Crippen LogP contribution in [-0.4, -0.2) is 78.5 Å². The van der Waals surface area contributed by atoms with Gasteiger partial charge in [0.05, 0.1) is 17.8 Å². The van der Waals surface area contributed by atoms with E-state index in [1.54, 1.807) is 25.1 Å². The number of nitrogens with zero attached hydrogens (tertiary/aromatic N) is 4. The molecule has 1 aliphatic rings. The number of benzene rings is 1. The minimum atomic E-state index is -0.0152. The fourth-order valence-corrected chi connectivity index (χ4v) is 3.43. The fraction of sp³-hybridized carbons (Fsp3) is 0.500. The molecule has 30 heavy (non-hydrogen) atoms. The number of aromatic nitrogens is 1. The predicted octanol–water partition coefficient (Wildman–Crippen LogP) is 2.11. The number of rotatable bonds is 6. The molecule has 0 N–H and O–H groups in total. The second-order valence-electron chi connectivity index (χ2n) is 7.83. The largest absolute Gasteiger partial charge is 0.489 e. The zero-order valence-electron chi connectivity index (χ0n) is 18.2.